The fourth-order valence-corrected chi connectivity index (χ4v) is 1.96. The lowest BCUT2D eigenvalue weighted by molar-refractivity contribution is 0.102. The van der Waals surface area contributed by atoms with Crippen LogP contribution in [0.4, 0.5) is 5.69 Å². The van der Waals surface area contributed by atoms with Crippen molar-refractivity contribution in [1.29, 1.82) is 0 Å². The molecule has 0 atom stereocenters. The maximum Gasteiger partial charge on any atom is 0.257 e. The minimum Gasteiger partial charge on any atom is -0.457 e. The number of carbonyl (C=O) groups excluding carboxylic acids is 1. The summed E-state index contributed by atoms with van der Waals surface area (Å²) in [5, 5.41) is 2.83. The minimum atomic E-state index is -0.204. The lowest BCUT2D eigenvalue weighted by Crippen LogP contribution is -2.11. The maximum absolute atomic E-state index is 12.1. The van der Waals surface area contributed by atoms with Gasteiger partial charge in [0.15, 0.2) is 0 Å². The van der Waals surface area contributed by atoms with E-state index in [2.05, 4.69) is 10.3 Å². The van der Waals surface area contributed by atoms with E-state index in [1.165, 1.54) is 6.20 Å². The second-order valence-corrected chi connectivity index (χ2v) is 4.64. The lowest BCUT2D eigenvalue weighted by atomic mass is 10.2. The summed E-state index contributed by atoms with van der Waals surface area (Å²) in [5.41, 5.74) is 1.18. The van der Waals surface area contributed by atoms with Crippen molar-refractivity contribution in [3.63, 3.8) is 0 Å². The smallest absolute Gasteiger partial charge is 0.257 e. The number of hydrogen-bond donors (Lipinski definition) is 1. The zero-order valence-corrected chi connectivity index (χ0v) is 11.8. The van der Waals surface area contributed by atoms with E-state index in [9.17, 15) is 4.79 Å². The van der Waals surface area contributed by atoms with Crippen LogP contribution in [0.3, 0.4) is 0 Å². The maximum atomic E-state index is 12.1. The highest BCUT2D eigenvalue weighted by atomic mass is 16.5. The summed E-state index contributed by atoms with van der Waals surface area (Å²) < 4.78 is 5.74. The number of rotatable bonds is 4. The molecule has 0 aliphatic carbocycles. The van der Waals surface area contributed by atoms with Crippen molar-refractivity contribution in [1.82, 2.24) is 4.98 Å². The Labute approximate surface area is 128 Å². The molecule has 1 aromatic heterocycles. The second kappa shape index (κ2) is 6.54. The number of ether oxygens (including phenoxy) is 1. The summed E-state index contributed by atoms with van der Waals surface area (Å²) in [6.45, 7) is 0. The van der Waals surface area contributed by atoms with Crippen LogP contribution in [0.25, 0.3) is 0 Å². The van der Waals surface area contributed by atoms with Gasteiger partial charge in [0.05, 0.1) is 5.56 Å². The Balaban J connectivity index is 1.73. The molecule has 1 heterocycles. The van der Waals surface area contributed by atoms with Gasteiger partial charge in [0.1, 0.15) is 11.5 Å². The Kier molecular flexibility index (Phi) is 4.11. The highest BCUT2D eigenvalue weighted by molar-refractivity contribution is 6.04. The van der Waals surface area contributed by atoms with Gasteiger partial charge in [-0.15, -0.1) is 0 Å². The van der Waals surface area contributed by atoms with Crippen molar-refractivity contribution in [2.24, 2.45) is 0 Å². The van der Waals surface area contributed by atoms with E-state index in [0.717, 1.165) is 5.75 Å². The van der Waals surface area contributed by atoms with E-state index < -0.39 is 0 Å². The number of nitrogens with one attached hydrogen (secondary N) is 1. The van der Waals surface area contributed by atoms with Crippen LogP contribution in [0.1, 0.15) is 10.4 Å². The van der Waals surface area contributed by atoms with E-state index in [1.54, 1.807) is 24.4 Å². The summed E-state index contributed by atoms with van der Waals surface area (Å²) in [6, 6.07) is 20.2. The average molecular weight is 290 g/mol. The van der Waals surface area contributed by atoms with Crippen LogP contribution >= 0.6 is 0 Å². The molecule has 0 spiro atoms. The van der Waals surface area contributed by atoms with Gasteiger partial charge in [-0.2, -0.15) is 0 Å². The molecule has 3 rings (SSSR count). The largest absolute Gasteiger partial charge is 0.457 e. The molecule has 22 heavy (non-hydrogen) atoms. The van der Waals surface area contributed by atoms with E-state index in [0.29, 0.717) is 17.0 Å². The number of carbonyl (C=O) groups is 1. The molecule has 0 aliphatic rings. The molecule has 3 aromatic rings. The molecule has 0 radical (unpaired) electrons. The third-order valence-electron chi connectivity index (χ3n) is 2.99. The first-order chi connectivity index (χ1) is 10.8. The number of benzene rings is 2. The summed E-state index contributed by atoms with van der Waals surface area (Å²) in [7, 11) is 0. The molecule has 0 aliphatic heterocycles. The summed E-state index contributed by atoms with van der Waals surface area (Å²) >= 11 is 0. The van der Waals surface area contributed by atoms with Gasteiger partial charge in [-0.1, -0.05) is 24.3 Å². The standard InChI is InChI=1S/C18H14N2O2/c21-18(14-6-5-11-19-13-14)20-15-7-4-10-17(12-15)22-16-8-2-1-3-9-16/h1-13H,(H,20,21). The molecule has 0 bridgehead atoms. The van der Waals surface area contributed by atoms with E-state index >= 15 is 0 Å². The Morgan fingerprint density at radius 1 is 0.909 bits per heavy atom. The third kappa shape index (κ3) is 3.49. The Hall–Kier alpha value is -3.14. The predicted octanol–water partition coefficient (Wildman–Crippen LogP) is 4.13. The van der Waals surface area contributed by atoms with Crippen molar-refractivity contribution in [3.05, 3.63) is 84.7 Å². The van der Waals surface area contributed by atoms with E-state index in [4.69, 9.17) is 4.74 Å². The first-order valence-electron chi connectivity index (χ1n) is 6.85. The fourth-order valence-electron chi connectivity index (χ4n) is 1.96. The Bertz CT molecular complexity index is 758. The summed E-state index contributed by atoms with van der Waals surface area (Å²) in [5.74, 6) is 1.21. The van der Waals surface area contributed by atoms with E-state index in [1.807, 2.05) is 48.5 Å². The van der Waals surface area contributed by atoms with Crippen LogP contribution in [0.5, 0.6) is 11.5 Å². The number of anilines is 1. The van der Waals surface area contributed by atoms with Gasteiger partial charge in [0, 0.05) is 24.1 Å². The molecule has 4 nitrogen and oxygen atoms in total. The van der Waals surface area contributed by atoms with Gasteiger partial charge in [-0.25, -0.2) is 0 Å². The zero-order valence-electron chi connectivity index (χ0n) is 11.8. The van der Waals surface area contributed by atoms with E-state index in [-0.39, 0.29) is 5.91 Å². The monoisotopic (exact) mass is 290 g/mol. The quantitative estimate of drug-likeness (QED) is 0.786. The fraction of sp³-hybridized carbons (Fsp3) is 0. The van der Waals surface area contributed by atoms with Crippen molar-refractivity contribution in [3.8, 4) is 11.5 Å². The molecular formula is C18H14N2O2. The minimum absolute atomic E-state index is 0.204. The first kappa shape index (κ1) is 13.8. The highest BCUT2D eigenvalue weighted by Gasteiger charge is 2.06. The molecule has 1 N–H and O–H groups in total. The highest BCUT2D eigenvalue weighted by Crippen LogP contribution is 2.24. The normalized spacial score (nSPS) is 10.0. The topological polar surface area (TPSA) is 51.2 Å². The van der Waals surface area contributed by atoms with Gasteiger partial charge in [-0.05, 0) is 36.4 Å². The zero-order chi connectivity index (χ0) is 15.2. The van der Waals surface area contributed by atoms with Gasteiger partial charge in [-0.3, -0.25) is 9.78 Å². The number of hydrogen-bond acceptors (Lipinski definition) is 3. The van der Waals surface area contributed by atoms with Gasteiger partial charge >= 0.3 is 0 Å². The van der Waals surface area contributed by atoms with Crippen molar-refractivity contribution in [2.45, 2.75) is 0 Å². The number of amides is 1. The average Bonchev–Trinajstić information content (AvgIpc) is 2.57. The Morgan fingerprint density at radius 3 is 2.50 bits per heavy atom. The van der Waals surface area contributed by atoms with Crippen molar-refractivity contribution < 1.29 is 9.53 Å². The second-order valence-electron chi connectivity index (χ2n) is 4.64. The number of para-hydroxylation sites is 1. The first-order valence-corrected chi connectivity index (χ1v) is 6.85. The van der Waals surface area contributed by atoms with Crippen LogP contribution in [-0.2, 0) is 0 Å². The SMILES string of the molecule is O=C(Nc1cccc(Oc2ccccc2)c1)c1cccnc1. The molecule has 0 fully saturated rings. The van der Waals surface area contributed by atoms with Crippen LogP contribution in [0.15, 0.2) is 79.1 Å². The van der Waals surface area contributed by atoms with Crippen LogP contribution in [0.2, 0.25) is 0 Å². The molecule has 4 heteroatoms. The number of pyridine rings is 1. The lowest BCUT2D eigenvalue weighted by Gasteiger charge is -2.09. The molecule has 0 unspecified atom stereocenters. The van der Waals surface area contributed by atoms with Crippen LogP contribution < -0.4 is 10.1 Å². The van der Waals surface area contributed by atoms with Crippen molar-refractivity contribution in [2.75, 3.05) is 5.32 Å². The molecular weight excluding hydrogens is 276 g/mol. The van der Waals surface area contributed by atoms with Gasteiger partial charge in [0.2, 0.25) is 0 Å². The third-order valence-corrected chi connectivity index (χ3v) is 2.99. The Morgan fingerprint density at radius 2 is 1.73 bits per heavy atom. The summed E-state index contributed by atoms with van der Waals surface area (Å²) in [4.78, 5) is 16.0. The van der Waals surface area contributed by atoms with Crippen LogP contribution in [-0.4, -0.2) is 10.9 Å². The molecule has 2 aromatic carbocycles. The molecule has 1 amide bonds. The number of aromatic nitrogens is 1. The summed E-state index contributed by atoms with van der Waals surface area (Å²) in [6.07, 6.45) is 3.16. The molecule has 108 valence electrons. The molecule has 0 saturated carbocycles. The van der Waals surface area contributed by atoms with Crippen molar-refractivity contribution >= 4 is 11.6 Å². The number of nitrogens with zero attached hydrogens (tertiary/aromatic N) is 1. The molecule has 0 saturated heterocycles. The van der Waals surface area contributed by atoms with Crippen LogP contribution in [0, 0.1) is 0 Å². The van der Waals surface area contributed by atoms with Gasteiger partial charge in [0.25, 0.3) is 5.91 Å². The van der Waals surface area contributed by atoms with Gasteiger partial charge < -0.3 is 10.1 Å². The predicted molar refractivity (Wildman–Crippen MR) is 85.1 cm³/mol.